The van der Waals surface area contributed by atoms with Crippen LogP contribution < -0.4 is 10.0 Å². The van der Waals surface area contributed by atoms with E-state index in [0.717, 1.165) is 17.7 Å². The fraction of sp³-hybridized carbons (Fsp3) is 0.600. The molecule has 1 aromatic rings. The molecule has 120 valence electrons. The number of rotatable bonds is 9. The zero-order chi connectivity index (χ0) is 15.9. The van der Waals surface area contributed by atoms with Crippen molar-refractivity contribution in [1.29, 1.82) is 0 Å². The number of benzene rings is 1. The van der Waals surface area contributed by atoms with E-state index in [2.05, 4.69) is 10.0 Å². The van der Waals surface area contributed by atoms with Crippen LogP contribution >= 0.6 is 0 Å². The molecule has 0 saturated carbocycles. The van der Waals surface area contributed by atoms with Gasteiger partial charge in [-0.05, 0) is 44.0 Å². The molecular weight excluding hydrogens is 288 g/mol. The van der Waals surface area contributed by atoms with Crippen LogP contribution in [0.5, 0.6) is 0 Å². The van der Waals surface area contributed by atoms with Crippen molar-refractivity contribution in [2.24, 2.45) is 0 Å². The maximum Gasteiger partial charge on any atom is 0.241 e. The number of sulfonamides is 1. The SMILES string of the molecule is CCNCc1ccc(C)c(S(=O)(=O)NC(C)CCOC)c1. The molecule has 1 atom stereocenters. The Balaban J connectivity index is 2.90. The molecule has 0 amide bonds. The van der Waals surface area contributed by atoms with E-state index in [0.29, 0.717) is 24.5 Å². The van der Waals surface area contributed by atoms with Crippen molar-refractivity contribution in [3.8, 4) is 0 Å². The van der Waals surface area contributed by atoms with E-state index >= 15 is 0 Å². The Morgan fingerprint density at radius 1 is 1.33 bits per heavy atom. The molecule has 0 saturated heterocycles. The van der Waals surface area contributed by atoms with Gasteiger partial charge < -0.3 is 10.1 Å². The van der Waals surface area contributed by atoms with Crippen molar-refractivity contribution in [2.75, 3.05) is 20.3 Å². The number of ether oxygens (including phenoxy) is 1. The number of hydrogen-bond acceptors (Lipinski definition) is 4. The zero-order valence-electron chi connectivity index (χ0n) is 13.3. The smallest absolute Gasteiger partial charge is 0.241 e. The first-order valence-electron chi connectivity index (χ1n) is 7.22. The summed E-state index contributed by atoms with van der Waals surface area (Å²) in [5, 5.41) is 3.20. The van der Waals surface area contributed by atoms with Gasteiger partial charge in [0.15, 0.2) is 0 Å². The van der Waals surface area contributed by atoms with Gasteiger partial charge in [0, 0.05) is 26.3 Å². The van der Waals surface area contributed by atoms with E-state index in [4.69, 9.17) is 4.74 Å². The van der Waals surface area contributed by atoms with E-state index in [9.17, 15) is 8.42 Å². The van der Waals surface area contributed by atoms with Crippen LogP contribution in [0.3, 0.4) is 0 Å². The summed E-state index contributed by atoms with van der Waals surface area (Å²) in [6.45, 7) is 7.72. The summed E-state index contributed by atoms with van der Waals surface area (Å²) in [5.74, 6) is 0. The average molecular weight is 314 g/mol. The molecule has 2 N–H and O–H groups in total. The summed E-state index contributed by atoms with van der Waals surface area (Å²) in [6.07, 6.45) is 0.645. The predicted molar refractivity (Wildman–Crippen MR) is 84.8 cm³/mol. The number of nitrogens with one attached hydrogen (secondary N) is 2. The second-order valence-corrected chi connectivity index (χ2v) is 6.87. The van der Waals surface area contributed by atoms with E-state index < -0.39 is 10.0 Å². The standard InChI is InChI=1S/C15H26N2O3S/c1-5-16-11-14-7-6-12(2)15(10-14)21(18,19)17-13(3)8-9-20-4/h6-7,10,13,16-17H,5,8-9,11H2,1-4H3. The fourth-order valence-corrected chi connectivity index (χ4v) is 3.57. The van der Waals surface area contributed by atoms with Gasteiger partial charge in [0.2, 0.25) is 10.0 Å². The third-order valence-electron chi connectivity index (χ3n) is 3.23. The monoisotopic (exact) mass is 314 g/mol. The van der Waals surface area contributed by atoms with Crippen molar-refractivity contribution in [2.45, 2.75) is 44.7 Å². The molecule has 0 radical (unpaired) electrons. The van der Waals surface area contributed by atoms with Gasteiger partial charge in [-0.25, -0.2) is 13.1 Å². The van der Waals surface area contributed by atoms with Crippen LogP contribution in [0.1, 0.15) is 31.4 Å². The van der Waals surface area contributed by atoms with Crippen LogP contribution in [0.4, 0.5) is 0 Å². The Bertz CT molecular complexity index is 544. The van der Waals surface area contributed by atoms with Crippen molar-refractivity contribution < 1.29 is 13.2 Å². The van der Waals surface area contributed by atoms with E-state index in [1.54, 1.807) is 13.2 Å². The van der Waals surface area contributed by atoms with Gasteiger partial charge >= 0.3 is 0 Å². The minimum atomic E-state index is -3.50. The fourth-order valence-electron chi connectivity index (χ4n) is 2.00. The molecule has 0 aliphatic rings. The molecule has 0 spiro atoms. The molecule has 21 heavy (non-hydrogen) atoms. The summed E-state index contributed by atoms with van der Waals surface area (Å²) in [7, 11) is -1.89. The summed E-state index contributed by atoms with van der Waals surface area (Å²) in [6, 6.07) is 5.38. The van der Waals surface area contributed by atoms with Crippen LogP contribution in [0.15, 0.2) is 23.1 Å². The van der Waals surface area contributed by atoms with E-state index in [-0.39, 0.29) is 6.04 Å². The van der Waals surface area contributed by atoms with Crippen molar-refractivity contribution in [1.82, 2.24) is 10.0 Å². The number of hydrogen-bond donors (Lipinski definition) is 2. The Labute approximate surface area is 128 Å². The molecule has 0 bridgehead atoms. The van der Waals surface area contributed by atoms with Gasteiger partial charge in [-0.2, -0.15) is 0 Å². The lowest BCUT2D eigenvalue weighted by Crippen LogP contribution is -2.33. The highest BCUT2D eigenvalue weighted by Crippen LogP contribution is 2.17. The van der Waals surface area contributed by atoms with Crippen LogP contribution in [-0.4, -0.2) is 34.7 Å². The second kappa shape index (κ2) is 8.48. The molecule has 0 aromatic heterocycles. The van der Waals surface area contributed by atoms with Crippen LogP contribution in [0.25, 0.3) is 0 Å². The quantitative estimate of drug-likeness (QED) is 0.729. The largest absolute Gasteiger partial charge is 0.385 e. The lowest BCUT2D eigenvalue weighted by molar-refractivity contribution is 0.188. The van der Waals surface area contributed by atoms with Crippen molar-refractivity contribution in [3.63, 3.8) is 0 Å². The van der Waals surface area contributed by atoms with E-state index in [1.807, 2.05) is 32.9 Å². The minimum absolute atomic E-state index is 0.160. The van der Waals surface area contributed by atoms with Gasteiger partial charge in [-0.1, -0.05) is 19.1 Å². The predicted octanol–water partition coefficient (Wildman–Crippen LogP) is 1.81. The Hall–Kier alpha value is -0.950. The van der Waals surface area contributed by atoms with Gasteiger partial charge in [0.05, 0.1) is 4.90 Å². The highest BCUT2D eigenvalue weighted by molar-refractivity contribution is 7.89. The van der Waals surface area contributed by atoms with Gasteiger partial charge in [-0.3, -0.25) is 0 Å². The molecular formula is C15H26N2O3S. The van der Waals surface area contributed by atoms with Crippen molar-refractivity contribution >= 4 is 10.0 Å². The lowest BCUT2D eigenvalue weighted by atomic mass is 10.1. The Morgan fingerprint density at radius 2 is 2.05 bits per heavy atom. The molecule has 5 nitrogen and oxygen atoms in total. The van der Waals surface area contributed by atoms with Crippen LogP contribution in [0.2, 0.25) is 0 Å². The minimum Gasteiger partial charge on any atom is -0.385 e. The first kappa shape index (κ1) is 18.1. The van der Waals surface area contributed by atoms with Gasteiger partial charge in [0.25, 0.3) is 0 Å². The molecule has 0 heterocycles. The molecule has 0 aliphatic heterocycles. The lowest BCUT2D eigenvalue weighted by Gasteiger charge is -2.16. The topological polar surface area (TPSA) is 67.4 Å². The number of aryl methyl sites for hydroxylation is 1. The van der Waals surface area contributed by atoms with E-state index in [1.165, 1.54) is 0 Å². The molecule has 1 aromatic carbocycles. The summed E-state index contributed by atoms with van der Waals surface area (Å²) >= 11 is 0. The zero-order valence-corrected chi connectivity index (χ0v) is 14.1. The summed E-state index contributed by atoms with van der Waals surface area (Å²) < 4.78 is 32.6. The highest BCUT2D eigenvalue weighted by atomic mass is 32.2. The maximum absolute atomic E-state index is 12.5. The van der Waals surface area contributed by atoms with Crippen LogP contribution in [0, 0.1) is 6.92 Å². The summed E-state index contributed by atoms with van der Waals surface area (Å²) in [4.78, 5) is 0.349. The number of methoxy groups -OCH3 is 1. The average Bonchev–Trinajstić information content (AvgIpc) is 2.43. The van der Waals surface area contributed by atoms with Crippen molar-refractivity contribution in [3.05, 3.63) is 29.3 Å². The maximum atomic E-state index is 12.5. The third-order valence-corrected chi connectivity index (χ3v) is 4.96. The molecule has 1 unspecified atom stereocenters. The first-order chi connectivity index (χ1) is 9.90. The third kappa shape index (κ3) is 5.74. The highest BCUT2D eigenvalue weighted by Gasteiger charge is 2.19. The first-order valence-corrected chi connectivity index (χ1v) is 8.70. The molecule has 6 heteroatoms. The second-order valence-electron chi connectivity index (χ2n) is 5.18. The molecule has 0 aliphatic carbocycles. The Morgan fingerprint density at radius 3 is 2.67 bits per heavy atom. The molecule has 0 fully saturated rings. The summed E-state index contributed by atoms with van der Waals surface area (Å²) in [5.41, 5.74) is 1.72. The Kier molecular flexibility index (Phi) is 7.31. The van der Waals surface area contributed by atoms with Crippen LogP contribution in [-0.2, 0) is 21.3 Å². The molecule has 1 rings (SSSR count). The van der Waals surface area contributed by atoms with Gasteiger partial charge in [-0.15, -0.1) is 0 Å². The van der Waals surface area contributed by atoms with Gasteiger partial charge in [0.1, 0.15) is 0 Å². The normalized spacial score (nSPS) is 13.3.